The number of aromatic nitrogens is 1. The molecule has 0 unspecified atom stereocenters. The minimum atomic E-state index is 0.530. The molecule has 2 aromatic rings. The molecule has 0 radical (unpaired) electrons. The second-order valence-corrected chi connectivity index (χ2v) is 3.50. The number of nitrogens with zero attached hydrogens (tertiary/aromatic N) is 1. The third kappa shape index (κ3) is 2.81. The number of nitrogens with two attached hydrogens (primary N) is 1. The zero-order valence-electron chi connectivity index (χ0n) is 8.97. The van der Waals surface area contributed by atoms with Gasteiger partial charge in [0.25, 0.3) is 0 Å². The molecule has 0 spiro atoms. The van der Waals surface area contributed by atoms with Crippen molar-refractivity contribution in [1.82, 2.24) is 4.98 Å². The molecule has 0 aliphatic carbocycles. The Morgan fingerprint density at radius 1 is 1.12 bits per heavy atom. The van der Waals surface area contributed by atoms with Crippen LogP contribution in [0.3, 0.4) is 0 Å². The van der Waals surface area contributed by atoms with E-state index in [4.69, 9.17) is 10.5 Å². The normalized spacial score (nSPS) is 10.1. The number of hydrogen-bond donors (Lipinski definition) is 1. The fraction of sp³-hybridized carbons (Fsp3) is 0.154. The van der Waals surface area contributed by atoms with Gasteiger partial charge in [0.1, 0.15) is 12.4 Å². The Labute approximate surface area is 94.9 Å². The van der Waals surface area contributed by atoms with E-state index in [0.717, 1.165) is 16.9 Å². The average molecular weight is 214 g/mol. The van der Waals surface area contributed by atoms with Crippen molar-refractivity contribution in [3.63, 3.8) is 0 Å². The molecule has 0 saturated heterocycles. The second-order valence-electron chi connectivity index (χ2n) is 3.50. The van der Waals surface area contributed by atoms with Gasteiger partial charge in [-0.2, -0.15) is 0 Å². The maximum Gasteiger partial charge on any atom is 0.120 e. The molecule has 0 saturated carbocycles. The first-order chi connectivity index (χ1) is 7.88. The van der Waals surface area contributed by atoms with E-state index >= 15 is 0 Å². The zero-order valence-corrected chi connectivity index (χ0v) is 8.97. The molecule has 1 aromatic heterocycles. The third-order valence-corrected chi connectivity index (χ3v) is 2.26. The minimum Gasteiger partial charge on any atom is -0.489 e. The number of rotatable bonds is 4. The Morgan fingerprint density at radius 2 is 2.00 bits per heavy atom. The lowest BCUT2D eigenvalue weighted by Crippen LogP contribution is -1.99. The summed E-state index contributed by atoms with van der Waals surface area (Å²) in [7, 11) is 0. The summed E-state index contributed by atoms with van der Waals surface area (Å²) in [6, 6.07) is 11.7. The van der Waals surface area contributed by atoms with Gasteiger partial charge < -0.3 is 10.5 Å². The molecule has 0 atom stereocenters. The SMILES string of the molecule is NCc1cccc(OCc2cccnc2)c1. The van der Waals surface area contributed by atoms with Gasteiger partial charge in [-0.15, -0.1) is 0 Å². The first-order valence-electron chi connectivity index (χ1n) is 5.19. The van der Waals surface area contributed by atoms with Crippen molar-refractivity contribution >= 4 is 0 Å². The molecule has 0 aliphatic heterocycles. The maximum absolute atomic E-state index is 5.64. The highest BCUT2D eigenvalue weighted by atomic mass is 16.5. The molecule has 1 aromatic carbocycles. The van der Waals surface area contributed by atoms with Gasteiger partial charge in [0.05, 0.1) is 0 Å². The van der Waals surface area contributed by atoms with Gasteiger partial charge in [-0.05, 0) is 23.8 Å². The van der Waals surface area contributed by atoms with Gasteiger partial charge in [0.2, 0.25) is 0 Å². The smallest absolute Gasteiger partial charge is 0.120 e. The molecular weight excluding hydrogens is 200 g/mol. The summed E-state index contributed by atoms with van der Waals surface area (Å²) >= 11 is 0. The van der Waals surface area contributed by atoms with Crippen molar-refractivity contribution in [2.24, 2.45) is 5.73 Å². The Balaban J connectivity index is 1.99. The van der Waals surface area contributed by atoms with E-state index in [1.807, 2.05) is 36.4 Å². The first-order valence-corrected chi connectivity index (χ1v) is 5.19. The summed E-state index contributed by atoms with van der Waals surface area (Å²) in [5, 5.41) is 0. The Kier molecular flexibility index (Phi) is 3.51. The lowest BCUT2D eigenvalue weighted by Gasteiger charge is -2.06. The molecule has 16 heavy (non-hydrogen) atoms. The largest absolute Gasteiger partial charge is 0.489 e. The zero-order chi connectivity index (χ0) is 11.2. The van der Waals surface area contributed by atoms with Gasteiger partial charge >= 0.3 is 0 Å². The Hall–Kier alpha value is -1.87. The molecule has 0 fully saturated rings. The van der Waals surface area contributed by atoms with Crippen molar-refractivity contribution < 1.29 is 4.74 Å². The highest BCUT2D eigenvalue weighted by Gasteiger charge is 1.96. The monoisotopic (exact) mass is 214 g/mol. The molecule has 2 N–H and O–H groups in total. The number of benzene rings is 1. The fourth-order valence-corrected chi connectivity index (χ4v) is 1.41. The van der Waals surface area contributed by atoms with Crippen molar-refractivity contribution in [2.45, 2.75) is 13.2 Å². The van der Waals surface area contributed by atoms with Crippen LogP contribution < -0.4 is 10.5 Å². The van der Waals surface area contributed by atoms with E-state index in [2.05, 4.69) is 4.98 Å². The van der Waals surface area contributed by atoms with Crippen LogP contribution in [0.25, 0.3) is 0 Å². The predicted molar refractivity (Wildman–Crippen MR) is 62.9 cm³/mol. The van der Waals surface area contributed by atoms with E-state index in [-0.39, 0.29) is 0 Å². The molecule has 0 bridgehead atoms. The third-order valence-electron chi connectivity index (χ3n) is 2.26. The molecule has 0 amide bonds. The van der Waals surface area contributed by atoms with Crippen LogP contribution in [-0.4, -0.2) is 4.98 Å². The van der Waals surface area contributed by atoms with Crippen molar-refractivity contribution in [3.8, 4) is 5.75 Å². The van der Waals surface area contributed by atoms with Gasteiger partial charge in [-0.25, -0.2) is 0 Å². The summed E-state index contributed by atoms with van der Waals surface area (Å²) in [6.45, 7) is 1.06. The number of hydrogen-bond acceptors (Lipinski definition) is 3. The molecule has 2 rings (SSSR count). The van der Waals surface area contributed by atoms with Crippen molar-refractivity contribution in [2.75, 3.05) is 0 Å². The Bertz CT molecular complexity index is 443. The van der Waals surface area contributed by atoms with Gasteiger partial charge in [0.15, 0.2) is 0 Å². The molecule has 0 aliphatic rings. The lowest BCUT2D eigenvalue weighted by atomic mass is 10.2. The maximum atomic E-state index is 5.64. The quantitative estimate of drug-likeness (QED) is 0.848. The van der Waals surface area contributed by atoms with E-state index in [1.54, 1.807) is 12.4 Å². The van der Waals surface area contributed by atoms with Crippen molar-refractivity contribution in [1.29, 1.82) is 0 Å². The van der Waals surface area contributed by atoms with Crippen LogP contribution in [0.1, 0.15) is 11.1 Å². The summed E-state index contributed by atoms with van der Waals surface area (Å²) in [6.07, 6.45) is 3.55. The average Bonchev–Trinajstić information content (AvgIpc) is 2.38. The standard InChI is InChI=1S/C13H14N2O/c14-8-11-3-1-5-13(7-11)16-10-12-4-2-6-15-9-12/h1-7,9H,8,10,14H2. The Morgan fingerprint density at radius 3 is 2.75 bits per heavy atom. The van der Waals surface area contributed by atoms with Crippen LogP contribution in [0.5, 0.6) is 5.75 Å². The summed E-state index contributed by atoms with van der Waals surface area (Å²) < 4.78 is 5.64. The van der Waals surface area contributed by atoms with Gasteiger partial charge in [-0.1, -0.05) is 18.2 Å². The predicted octanol–water partition coefficient (Wildman–Crippen LogP) is 2.12. The van der Waals surface area contributed by atoms with Crippen LogP contribution in [0.2, 0.25) is 0 Å². The molecule has 82 valence electrons. The van der Waals surface area contributed by atoms with E-state index in [0.29, 0.717) is 13.2 Å². The van der Waals surface area contributed by atoms with E-state index in [1.165, 1.54) is 0 Å². The number of ether oxygens (including phenoxy) is 1. The highest BCUT2D eigenvalue weighted by molar-refractivity contribution is 5.28. The fourth-order valence-electron chi connectivity index (χ4n) is 1.41. The lowest BCUT2D eigenvalue weighted by molar-refractivity contribution is 0.305. The van der Waals surface area contributed by atoms with E-state index < -0.39 is 0 Å². The molecule has 1 heterocycles. The summed E-state index contributed by atoms with van der Waals surface area (Å²) in [4.78, 5) is 4.03. The van der Waals surface area contributed by atoms with Crippen LogP contribution in [0.15, 0.2) is 48.8 Å². The van der Waals surface area contributed by atoms with Gasteiger partial charge in [0, 0.05) is 24.5 Å². The van der Waals surface area contributed by atoms with Crippen LogP contribution >= 0.6 is 0 Å². The van der Waals surface area contributed by atoms with Gasteiger partial charge in [-0.3, -0.25) is 4.98 Å². The summed E-state index contributed by atoms with van der Waals surface area (Å²) in [5.41, 5.74) is 7.69. The molecular formula is C13H14N2O. The topological polar surface area (TPSA) is 48.1 Å². The molecule has 3 heteroatoms. The van der Waals surface area contributed by atoms with Crippen molar-refractivity contribution in [3.05, 3.63) is 59.9 Å². The second kappa shape index (κ2) is 5.28. The summed E-state index contributed by atoms with van der Waals surface area (Å²) in [5.74, 6) is 0.840. The molecule has 3 nitrogen and oxygen atoms in total. The van der Waals surface area contributed by atoms with E-state index in [9.17, 15) is 0 Å². The van der Waals surface area contributed by atoms with Crippen LogP contribution in [-0.2, 0) is 13.2 Å². The first kappa shape index (κ1) is 10.6. The minimum absolute atomic E-state index is 0.530. The van der Waals surface area contributed by atoms with Crippen LogP contribution in [0.4, 0.5) is 0 Å². The highest BCUT2D eigenvalue weighted by Crippen LogP contribution is 2.14. The van der Waals surface area contributed by atoms with Crippen LogP contribution in [0, 0.1) is 0 Å². The number of pyridine rings is 1.